The molecule has 1 aromatic heterocycles. The maximum Gasteiger partial charge on any atom is 0.0948 e. The summed E-state index contributed by atoms with van der Waals surface area (Å²) in [5.74, 6) is 1.24. The first-order chi connectivity index (χ1) is 6.62. The molecule has 14 heavy (non-hydrogen) atoms. The van der Waals surface area contributed by atoms with E-state index in [9.17, 15) is 0 Å². The first kappa shape index (κ1) is 9.71. The third kappa shape index (κ3) is 1.19. The zero-order valence-electron chi connectivity index (χ0n) is 9.20. The molecule has 0 radical (unpaired) electrons. The second-order valence-corrected chi connectivity index (χ2v) is 4.75. The molecule has 0 saturated heterocycles. The highest BCUT2D eigenvalue weighted by atomic mass is 15.1. The van der Waals surface area contributed by atoms with Crippen molar-refractivity contribution < 1.29 is 0 Å². The van der Waals surface area contributed by atoms with Crippen LogP contribution in [0.4, 0.5) is 0 Å². The van der Waals surface area contributed by atoms with E-state index in [1.54, 1.807) is 0 Å². The lowest BCUT2D eigenvalue weighted by atomic mass is 10.1. The van der Waals surface area contributed by atoms with Gasteiger partial charge < -0.3 is 10.3 Å². The van der Waals surface area contributed by atoms with Crippen molar-refractivity contribution in [2.75, 3.05) is 6.54 Å². The summed E-state index contributed by atoms with van der Waals surface area (Å²) >= 11 is 0. The van der Waals surface area contributed by atoms with Gasteiger partial charge in [0.1, 0.15) is 0 Å². The summed E-state index contributed by atoms with van der Waals surface area (Å²) in [7, 11) is 0. The van der Waals surface area contributed by atoms with Crippen molar-refractivity contribution in [2.45, 2.75) is 33.2 Å². The van der Waals surface area contributed by atoms with Gasteiger partial charge >= 0.3 is 0 Å². The lowest BCUT2D eigenvalue weighted by molar-refractivity contribution is 0.553. The summed E-state index contributed by atoms with van der Waals surface area (Å²) in [5.41, 5.74) is 7.49. The Morgan fingerprint density at radius 2 is 2.29 bits per heavy atom. The maximum atomic E-state index is 5.77. The molecule has 0 amide bonds. The van der Waals surface area contributed by atoms with Gasteiger partial charge in [0, 0.05) is 24.4 Å². The third-order valence-electron chi connectivity index (χ3n) is 3.71. The average molecular weight is 193 g/mol. The Bertz CT molecular complexity index is 327. The molecular formula is C11H19N3. The van der Waals surface area contributed by atoms with Crippen LogP contribution in [0.5, 0.6) is 0 Å². The minimum atomic E-state index is 0.363. The summed E-state index contributed by atoms with van der Waals surface area (Å²) < 4.78 is 2.22. The van der Waals surface area contributed by atoms with Crippen molar-refractivity contribution in [1.29, 1.82) is 0 Å². The van der Waals surface area contributed by atoms with Crippen LogP contribution in [-0.2, 0) is 6.54 Å². The van der Waals surface area contributed by atoms with E-state index in [0.717, 1.165) is 13.1 Å². The summed E-state index contributed by atoms with van der Waals surface area (Å²) in [6.07, 6.45) is 3.91. The smallest absolute Gasteiger partial charge is 0.0948 e. The van der Waals surface area contributed by atoms with Crippen LogP contribution in [0.1, 0.15) is 32.4 Å². The van der Waals surface area contributed by atoms with Crippen molar-refractivity contribution in [3.63, 3.8) is 0 Å². The van der Waals surface area contributed by atoms with E-state index >= 15 is 0 Å². The lowest BCUT2D eigenvalue weighted by Gasteiger charge is -2.05. The topological polar surface area (TPSA) is 43.8 Å². The van der Waals surface area contributed by atoms with E-state index in [0.29, 0.717) is 17.3 Å². The standard InChI is InChI=1S/C11H19N3/c1-4-14-7-13-6-9(14)10-8(5-12)11(10,2)3/h6-8,10H,4-5,12H2,1-3H3. The molecule has 0 aliphatic heterocycles. The van der Waals surface area contributed by atoms with E-state index in [4.69, 9.17) is 5.73 Å². The first-order valence-corrected chi connectivity index (χ1v) is 5.33. The molecule has 0 aromatic carbocycles. The van der Waals surface area contributed by atoms with Gasteiger partial charge in [0.25, 0.3) is 0 Å². The molecule has 3 heteroatoms. The molecule has 1 heterocycles. The van der Waals surface area contributed by atoms with Gasteiger partial charge in [0.05, 0.1) is 6.33 Å². The van der Waals surface area contributed by atoms with Gasteiger partial charge in [0.15, 0.2) is 0 Å². The minimum Gasteiger partial charge on any atom is -0.335 e. The largest absolute Gasteiger partial charge is 0.335 e. The van der Waals surface area contributed by atoms with E-state index < -0.39 is 0 Å². The van der Waals surface area contributed by atoms with Crippen LogP contribution in [0.25, 0.3) is 0 Å². The van der Waals surface area contributed by atoms with Crippen LogP contribution < -0.4 is 5.73 Å². The minimum absolute atomic E-state index is 0.363. The summed E-state index contributed by atoms with van der Waals surface area (Å²) in [4.78, 5) is 4.21. The van der Waals surface area contributed by atoms with E-state index in [1.807, 2.05) is 12.5 Å². The monoisotopic (exact) mass is 193 g/mol. The Morgan fingerprint density at radius 3 is 2.79 bits per heavy atom. The average Bonchev–Trinajstić information content (AvgIpc) is 2.55. The number of imidazole rings is 1. The summed E-state index contributed by atoms with van der Waals surface area (Å²) in [6.45, 7) is 8.52. The maximum absolute atomic E-state index is 5.77. The van der Waals surface area contributed by atoms with E-state index in [-0.39, 0.29) is 0 Å². The highest BCUT2D eigenvalue weighted by Crippen LogP contribution is 2.63. The van der Waals surface area contributed by atoms with Gasteiger partial charge in [0.2, 0.25) is 0 Å². The van der Waals surface area contributed by atoms with E-state index in [1.165, 1.54) is 5.69 Å². The second-order valence-electron chi connectivity index (χ2n) is 4.75. The molecule has 1 aromatic rings. The van der Waals surface area contributed by atoms with Crippen LogP contribution in [0.2, 0.25) is 0 Å². The second kappa shape index (κ2) is 3.09. The highest BCUT2D eigenvalue weighted by Gasteiger charge is 2.58. The van der Waals surface area contributed by atoms with Crippen molar-refractivity contribution in [1.82, 2.24) is 9.55 Å². The predicted octanol–water partition coefficient (Wildman–Crippen LogP) is 1.60. The number of aromatic nitrogens is 2. The quantitative estimate of drug-likeness (QED) is 0.792. The Balaban J connectivity index is 2.26. The van der Waals surface area contributed by atoms with E-state index in [2.05, 4.69) is 30.3 Å². The third-order valence-corrected chi connectivity index (χ3v) is 3.71. The van der Waals surface area contributed by atoms with Gasteiger partial charge in [-0.2, -0.15) is 0 Å². The number of rotatable bonds is 3. The fourth-order valence-corrected chi connectivity index (χ4v) is 2.63. The van der Waals surface area contributed by atoms with Crippen molar-refractivity contribution >= 4 is 0 Å². The number of hydrogen-bond acceptors (Lipinski definition) is 2. The Kier molecular flexibility index (Phi) is 2.14. The molecule has 0 spiro atoms. The van der Waals surface area contributed by atoms with Crippen LogP contribution >= 0.6 is 0 Å². The van der Waals surface area contributed by atoms with Crippen molar-refractivity contribution in [3.05, 3.63) is 18.2 Å². The predicted molar refractivity (Wildman–Crippen MR) is 57.0 cm³/mol. The number of hydrogen-bond donors (Lipinski definition) is 1. The molecule has 2 unspecified atom stereocenters. The SMILES string of the molecule is CCn1cncc1C1C(CN)C1(C)C. The van der Waals surface area contributed by atoms with Crippen LogP contribution in [0.3, 0.4) is 0 Å². The fourth-order valence-electron chi connectivity index (χ4n) is 2.63. The van der Waals surface area contributed by atoms with Gasteiger partial charge in [-0.05, 0) is 24.8 Å². The zero-order valence-corrected chi connectivity index (χ0v) is 9.20. The van der Waals surface area contributed by atoms with Crippen LogP contribution in [0.15, 0.2) is 12.5 Å². The molecular weight excluding hydrogens is 174 g/mol. The Hall–Kier alpha value is -0.830. The lowest BCUT2D eigenvalue weighted by Crippen LogP contribution is -2.05. The zero-order chi connectivity index (χ0) is 10.3. The molecule has 2 atom stereocenters. The van der Waals surface area contributed by atoms with Gasteiger partial charge in [-0.25, -0.2) is 4.98 Å². The van der Waals surface area contributed by atoms with Gasteiger partial charge in [-0.1, -0.05) is 13.8 Å². The summed E-state index contributed by atoms with van der Waals surface area (Å²) in [6, 6.07) is 0. The van der Waals surface area contributed by atoms with Crippen LogP contribution in [0, 0.1) is 11.3 Å². The molecule has 1 aliphatic rings. The number of nitrogens with zero attached hydrogens (tertiary/aromatic N) is 2. The molecule has 3 nitrogen and oxygen atoms in total. The Labute approximate surface area is 85.3 Å². The van der Waals surface area contributed by atoms with Gasteiger partial charge in [-0.3, -0.25) is 0 Å². The normalized spacial score (nSPS) is 29.1. The van der Waals surface area contributed by atoms with Gasteiger partial charge in [-0.15, -0.1) is 0 Å². The molecule has 0 bridgehead atoms. The molecule has 2 rings (SSSR count). The number of aryl methyl sites for hydroxylation is 1. The molecule has 2 N–H and O–H groups in total. The number of nitrogens with two attached hydrogens (primary N) is 1. The molecule has 1 saturated carbocycles. The molecule has 1 aliphatic carbocycles. The highest BCUT2D eigenvalue weighted by molar-refractivity contribution is 5.25. The van der Waals surface area contributed by atoms with Crippen LogP contribution in [-0.4, -0.2) is 16.1 Å². The summed E-state index contributed by atoms with van der Waals surface area (Å²) in [5, 5.41) is 0. The fraction of sp³-hybridized carbons (Fsp3) is 0.727. The molecule has 78 valence electrons. The van der Waals surface area contributed by atoms with Crippen molar-refractivity contribution in [3.8, 4) is 0 Å². The van der Waals surface area contributed by atoms with Crippen molar-refractivity contribution in [2.24, 2.45) is 17.1 Å². The molecule has 1 fully saturated rings. The first-order valence-electron chi connectivity index (χ1n) is 5.33. The Morgan fingerprint density at radius 1 is 1.57 bits per heavy atom.